The van der Waals surface area contributed by atoms with E-state index < -0.39 is 25.2 Å². The van der Waals surface area contributed by atoms with E-state index in [1.54, 1.807) is 0 Å². The van der Waals surface area contributed by atoms with Crippen LogP contribution in [-0.4, -0.2) is 12.1 Å². The van der Waals surface area contributed by atoms with Crippen molar-refractivity contribution in [2.75, 3.05) is 0 Å². The third-order valence-corrected chi connectivity index (χ3v) is 6.27. The summed E-state index contributed by atoms with van der Waals surface area (Å²) in [7, 11) is 0. The van der Waals surface area contributed by atoms with Gasteiger partial charge in [-0.15, -0.1) is 0 Å². The fraction of sp³-hybridized carbons (Fsp3) is 0.364. The predicted octanol–water partition coefficient (Wildman–Crippen LogP) is -0.412. The monoisotopic (exact) mass is 397 g/mol. The van der Waals surface area contributed by atoms with Crippen molar-refractivity contribution in [2.45, 2.75) is 23.6 Å². The van der Waals surface area contributed by atoms with Crippen LogP contribution in [0.5, 0.6) is 0 Å². The summed E-state index contributed by atoms with van der Waals surface area (Å²) in [6.07, 6.45) is -0.0506. The number of hydrogen-bond acceptors (Lipinski definition) is 3. The van der Waals surface area contributed by atoms with Crippen LogP contribution < -0.4 is 21.6 Å². The van der Waals surface area contributed by atoms with Gasteiger partial charge in [-0.1, -0.05) is 0 Å². The molecule has 1 aliphatic rings. The fourth-order valence-corrected chi connectivity index (χ4v) is 4.04. The zero-order valence-electron chi connectivity index (χ0n) is 8.87. The van der Waals surface area contributed by atoms with Crippen LogP contribution in [-0.2, 0) is 16.2 Å². The van der Waals surface area contributed by atoms with Gasteiger partial charge in [0.1, 0.15) is 0 Å². The molecular weight excluding hydrogens is 387 g/mol. The summed E-state index contributed by atoms with van der Waals surface area (Å²) >= 11 is 2.81. The number of ether oxygens (including phenoxy) is 1. The van der Waals surface area contributed by atoms with Crippen LogP contribution in [0.3, 0.4) is 0 Å². The number of benzene rings is 1. The number of halogens is 2. The van der Waals surface area contributed by atoms with Crippen molar-refractivity contribution < 1.29 is 34.2 Å². The number of carbonyl (C=O) groups is 1. The molecule has 0 amide bonds. The maximum atomic E-state index is 11.2. The molecule has 0 N–H and O–H groups in total. The molecule has 1 fully saturated rings. The molecule has 2 atom stereocenters. The van der Waals surface area contributed by atoms with Crippen molar-refractivity contribution >= 4 is 21.9 Å². The van der Waals surface area contributed by atoms with E-state index in [1.807, 2.05) is 31.2 Å². The third kappa shape index (κ3) is 2.12. The van der Waals surface area contributed by atoms with E-state index in [2.05, 4.69) is 15.9 Å². The van der Waals surface area contributed by atoms with Crippen LogP contribution in [0.25, 0.3) is 0 Å². The normalized spacial score (nSPS) is 28.8. The van der Waals surface area contributed by atoms with Crippen molar-refractivity contribution in [1.82, 2.24) is 0 Å². The van der Waals surface area contributed by atoms with Gasteiger partial charge in [0.05, 0.1) is 0 Å². The average molecular weight is 398 g/mol. The topological polar surface area (TPSA) is 35.5 Å². The molecule has 16 heavy (non-hydrogen) atoms. The van der Waals surface area contributed by atoms with Gasteiger partial charge in [0.25, 0.3) is 0 Å². The second-order valence-electron chi connectivity index (χ2n) is 3.55. The standard InChI is InChI=1S/C11H11BrIO3/c1-7-11(13-16-7,15-8(2)14)9-3-5-10(12)6-4-9/h3-7H,1-2H3/q-1/t7?,11-/m1/s1. The first-order chi connectivity index (χ1) is 7.54. The second-order valence-corrected chi connectivity index (χ2v) is 7.02. The van der Waals surface area contributed by atoms with Crippen LogP contribution in [0.1, 0.15) is 19.4 Å². The first-order valence-corrected chi connectivity index (χ1v) is 7.57. The van der Waals surface area contributed by atoms with Gasteiger partial charge in [-0.2, -0.15) is 0 Å². The second kappa shape index (κ2) is 4.62. The van der Waals surface area contributed by atoms with Crippen LogP contribution in [0.4, 0.5) is 0 Å². The molecule has 1 heterocycles. The van der Waals surface area contributed by atoms with Crippen molar-refractivity contribution in [1.29, 1.82) is 0 Å². The zero-order valence-corrected chi connectivity index (χ0v) is 12.6. The molecule has 1 saturated heterocycles. The van der Waals surface area contributed by atoms with E-state index in [0.29, 0.717) is 0 Å². The molecule has 1 aliphatic heterocycles. The van der Waals surface area contributed by atoms with Crippen molar-refractivity contribution in [3.8, 4) is 0 Å². The molecule has 0 bridgehead atoms. The first-order valence-electron chi connectivity index (χ1n) is 4.82. The number of alkyl halides is 1. The Morgan fingerprint density at radius 1 is 1.50 bits per heavy atom. The van der Waals surface area contributed by atoms with Crippen LogP contribution in [0, 0.1) is 0 Å². The van der Waals surface area contributed by atoms with E-state index in [1.165, 1.54) is 6.92 Å². The summed E-state index contributed by atoms with van der Waals surface area (Å²) in [6.45, 7) is 3.38. The Hall–Kier alpha value is -0.140. The van der Waals surface area contributed by atoms with E-state index in [-0.39, 0.29) is 12.1 Å². The Morgan fingerprint density at radius 3 is 2.50 bits per heavy atom. The fourth-order valence-electron chi connectivity index (χ4n) is 1.54. The molecule has 1 aromatic rings. The quantitative estimate of drug-likeness (QED) is 0.386. The van der Waals surface area contributed by atoms with Crippen molar-refractivity contribution in [3.63, 3.8) is 0 Å². The number of carbonyl (C=O) groups excluding carboxylic acids is 1. The molecule has 2 rings (SSSR count). The number of hydrogen-bond donors (Lipinski definition) is 0. The van der Waals surface area contributed by atoms with E-state index in [9.17, 15) is 4.79 Å². The van der Waals surface area contributed by atoms with Gasteiger partial charge < -0.3 is 0 Å². The summed E-state index contributed by atoms with van der Waals surface area (Å²) in [5.41, 5.74) is 1.03. The molecule has 1 unspecified atom stereocenters. The first kappa shape index (κ1) is 12.3. The van der Waals surface area contributed by atoms with Gasteiger partial charge in [-0.25, -0.2) is 0 Å². The molecule has 3 nitrogen and oxygen atoms in total. The minimum absolute atomic E-state index is 0.0506. The van der Waals surface area contributed by atoms with Crippen LogP contribution in [0.15, 0.2) is 28.7 Å². The van der Waals surface area contributed by atoms with E-state index in [4.69, 9.17) is 7.80 Å². The van der Waals surface area contributed by atoms with Gasteiger partial charge in [-0.05, 0) is 0 Å². The Bertz CT molecular complexity index is 406. The Balaban J connectivity index is 2.32. The van der Waals surface area contributed by atoms with Gasteiger partial charge in [0.2, 0.25) is 0 Å². The van der Waals surface area contributed by atoms with Gasteiger partial charge in [0, 0.05) is 0 Å². The molecule has 88 valence electrons. The van der Waals surface area contributed by atoms with Gasteiger partial charge in [-0.3, -0.25) is 0 Å². The predicted molar refractivity (Wildman–Crippen MR) is 58.1 cm³/mol. The van der Waals surface area contributed by atoms with Crippen LogP contribution >= 0.6 is 15.9 Å². The molecule has 0 aromatic heterocycles. The SMILES string of the molecule is CC(=O)O[C@]1(c2ccc(Br)cc2)[I-]OC1C. The van der Waals surface area contributed by atoms with Crippen molar-refractivity contribution in [2.24, 2.45) is 0 Å². The summed E-state index contributed by atoms with van der Waals surface area (Å²) in [5, 5.41) is 0. The molecule has 0 spiro atoms. The van der Waals surface area contributed by atoms with Crippen molar-refractivity contribution in [3.05, 3.63) is 34.3 Å². The van der Waals surface area contributed by atoms with Crippen LogP contribution in [0.2, 0.25) is 0 Å². The summed E-state index contributed by atoms with van der Waals surface area (Å²) in [5.74, 6) is -0.252. The average Bonchev–Trinajstić information content (AvgIpc) is 2.25. The van der Waals surface area contributed by atoms with E-state index >= 15 is 0 Å². The van der Waals surface area contributed by atoms with Gasteiger partial charge in [0.15, 0.2) is 0 Å². The van der Waals surface area contributed by atoms with E-state index in [0.717, 1.165) is 10.0 Å². The molecule has 1 aromatic carbocycles. The zero-order chi connectivity index (χ0) is 11.8. The summed E-state index contributed by atoms with van der Waals surface area (Å²) in [6, 6.07) is 7.86. The molecule has 5 heteroatoms. The summed E-state index contributed by atoms with van der Waals surface area (Å²) < 4.78 is 11.5. The molecule has 0 aliphatic carbocycles. The molecular formula is C11H11BrIO3-. The minimum atomic E-state index is -0.582. The number of rotatable bonds is 2. The Morgan fingerprint density at radius 2 is 2.12 bits per heavy atom. The number of esters is 1. The third-order valence-electron chi connectivity index (χ3n) is 2.35. The van der Waals surface area contributed by atoms with Gasteiger partial charge >= 0.3 is 114 Å². The molecule has 0 saturated carbocycles. The Kier molecular flexibility index (Phi) is 3.56. The maximum absolute atomic E-state index is 11.2. The molecule has 0 radical (unpaired) electrons. The summed E-state index contributed by atoms with van der Waals surface area (Å²) in [4.78, 5) is 11.2. The Labute approximate surface area is 113 Å².